The van der Waals surface area contributed by atoms with Crippen LogP contribution in [0, 0.1) is 6.92 Å². The van der Waals surface area contributed by atoms with E-state index in [-0.39, 0.29) is 17.7 Å². The Morgan fingerprint density at radius 2 is 1.89 bits per heavy atom. The second-order valence-corrected chi connectivity index (χ2v) is 6.41. The maximum Gasteiger partial charge on any atom is 0.325 e. The zero-order valence-electron chi connectivity index (χ0n) is 15.3. The number of esters is 1. The Morgan fingerprint density at radius 3 is 2.68 bits per heavy atom. The first-order valence-electron chi connectivity index (χ1n) is 8.95. The number of benzene rings is 2. The van der Waals surface area contributed by atoms with E-state index in [2.05, 4.69) is 0 Å². The minimum atomic E-state index is -0.567. The van der Waals surface area contributed by atoms with Crippen molar-refractivity contribution in [2.75, 3.05) is 19.8 Å². The van der Waals surface area contributed by atoms with Crippen molar-refractivity contribution in [2.24, 2.45) is 5.73 Å². The highest BCUT2D eigenvalue weighted by molar-refractivity contribution is 5.85. The smallest absolute Gasteiger partial charge is 0.325 e. The lowest BCUT2D eigenvalue weighted by Gasteiger charge is -2.11. The number of aryl methyl sites for hydroxylation is 1. The third-order valence-corrected chi connectivity index (χ3v) is 4.47. The predicted octanol–water partition coefficient (Wildman–Crippen LogP) is 2.79. The molecule has 144 valence electrons. The van der Waals surface area contributed by atoms with Gasteiger partial charge >= 0.3 is 5.97 Å². The summed E-state index contributed by atoms with van der Waals surface area (Å²) >= 11 is 0. The van der Waals surface area contributed by atoms with Crippen LogP contribution in [0.15, 0.2) is 45.6 Å². The van der Waals surface area contributed by atoms with E-state index < -0.39 is 5.97 Å². The van der Waals surface area contributed by atoms with Gasteiger partial charge in [-0.15, -0.1) is 0 Å². The van der Waals surface area contributed by atoms with E-state index >= 15 is 0 Å². The lowest BCUT2D eigenvalue weighted by Crippen LogP contribution is -2.19. The topological polar surface area (TPSA) is 101 Å². The fraction of sp³-hybridized carbons (Fsp3) is 0.238. The Morgan fingerprint density at radius 1 is 1.11 bits per heavy atom. The summed E-state index contributed by atoms with van der Waals surface area (Å²) in [6.07, 6.45) is 0.804. The van der Waals surface area contributed by atoms with Gasteiger partial charge in [0.05, 0.1) is 30.7 Å². The van der Waals surface area contributed by atoms with E-state index in [1.165, 1.54) is 6.07 Å². The van der Waals surface area contributed by atoms with Crippen LogP contribution in [0.2, 0.25) is 0 Å². The Balaban J connectivity index is 1.80. The van der Waals surface area contributed by atoms with E-state index in [0.717, 1.165) is 6.42 Å². The molecule has 7 heteroatoms. The molecule has 0 atom stereocenters. The molecule has 0 aliphatic carbocycles. The minimum absolute atomic E-state index is 0.176. The summed E-state index contributed by atoms with van der Waals surface area (Å²) < 4.78 is 22.3. The zero-order chi connectivity index (χ0) is 19.7. The van der Waals surface area contributed by atoms with Crippen molar-refractivity contribution < 1.29 is 23.4 Å². The molecular formula is C21H19NO6. The van der Waals surface area contributed by atoms with Gasteiger partial charge in [-0.1, -0.05) is 6.07 Å². The van der Waals surface area contributed by atoms with Crippen LogP contribution in [0.3, 0.4) is 0 Å². The van der Waals surface area contributed by atoms with Crippen LogP contribution in [0.1, 0.15) is 12.2 Å². The molecule has 0 fully saturated rings. The monoisotopic (exact) mass is 381 g/mol. The van der Waals surface area contributed by atoms with Crippen LogP contribution in [0.5, 0.6) is 17.2 Å². The van der Waals surface area contributed by atoms with Gasteiger partial charge in [-0.05, 0) is 36.8 Å². The molecule has 0 bridgehead atoms. The van der Waals surface area contributed by atoms with Crippen molar-refractivity contribution in [3.63, 3.8) is 0 Å². The van der Waals surface area contributed by atoms with Crippen LogP contribution in [0.4, 0.5) is 0 Å². The van der Waals surface area contributed by atoms with Gasteiger partial charge in [0.2, 0.25) is 5.43 Å². The molecule has 28 heavy (non-hydrogen) atoms. The van der Waals surface area contributed by atoms with Crippen LogP contribution in [-0.4, -0.2) is 25.7 Å². The minimum Gasteiger partial charge on any atom is -0.490 e. The second kappa shape index (κ2) is 7.36. The standard InChI is InChI=1S/C21H19NO6/c1-12-20(13-3-6-16-18(9-13)26-8-2-7-25-16)21(24)15-5-4-14(10-17(15)27-12)28-19(23)11-22/h3-6,9-10H,2,7-8,11,22H2,1H3. The van der Waals surface area contributed by atoms with Crippen LogP contribution in [-0.2, 0) is 4.79 Å². The Hall–Kier alpha value is -3.32. The molecule has 1 aliphatic heterocycles. The molecule has 1 aliphatic rings. The quantitative estimate of drug-likeness (QED) is 0.550. The molecule has 3 aromatic rings. The molecule has 0 saturated carbocycles. The highest BCUT2D eigenvalue weighted by Gasteiger charge is 2.18. The molecule has 2 aromatic carbocycles. The molecule has 1 aromatic heterocycles. The van der Waals surface area contributed by atoms with Crippen molar-refractivity contribution >= 4 is 16.9 Å². The molecule has 2 N–H and O–H groups in total. The summed E-state index contributed by atoms with van der Waals surface area (Å²) in [6.45, 7) is 2.65. The average Bonchev–Trinajstić information content (AvgIpc) is 2.92. The predicted molar refractivity (Wildman–Crippen MR) is 103 cm³/mol. The van der Waals surface area contributed by atoms with E-state index in [9.17, 15) is 9.59 Å². The van der Waals surface area contributed by atoms with Crippen molar-refractivity contribution in [1.29, 1.82) is 0 Å². The van der Waals surface area contributed by atoms with Crippen molar-refractivity contribution in [1.82, 2.24) is 0 Å². The number of carbonyl (C=O) groups is 1. The first-order chi connectivity index (χ1) is 13.6. The normalized spacial score (nSPS) is 13.2. The molecule has 4 rings (SSSR count). The van der Waals surface area contributed by atoms with Crippen LogP contribution in [0.25, 0.3) is 22.1 Å². The van der Waals surface area contributed by atoms with Crippen molar-refractivity contribution in [3.05, 3.63) is 52.4 Å². The number of hydrogen-bond acceptors (Lipinski definition) is 7. The molecule has 0 spiro atoms. The lowest BCUT2D eigenvalue weighted by molar-refractivity contribution is -0.132. The molecule has 0 saturated heterocycles. The summed E-state index contributed by atoms with van der Waals surface area (Å²) in [6, 6.07) is 10.0. The van der Waals surface area contributed by atoms with Crippen molar-refractivity contribution in [2.45, 2.75) is 13.3 Å². The Labute approximate surface area is 160 Å². The highest BCUT2D eigenvalue weighted by atomic mass is 16.5. The molecule has 0 radical (unpaired) electrons. The molecule has 7 nitrogen and oxygen atoms in total. The average molecular weight is 381 g/mol. The van der Waals surface area contributed by atoms with Gasteiger partial charge < -0.3 is 24.4 Å². The first kappa shape index (κ1) is 18.1. The fourth-order valence-corrected chi connectivity index (χ4v) is 3.17. The summed E-state index contributed by atoms with van der Waals surface area (Å²) in [5.41, 5.74) is 6.56. The second-order valence-electron chi connectivity index (χ2n) is 6.41. The number of fused-ring (bicyclic) bond motifs is 2. The van der Waals surface area contributed by atoms with Crippen LogP contribution >= 0.6 is 0 Å². The van der Waals surface area contributed by atoms with Crippen molar-refractivity contribution in [3.8, 4) is 28.4 Å². The number of ether oxygens (including phenoxy) is 3. The van der Waals surface area contributed by atoms with E-state index in [1.54, 1.807) is 31.2 Å². The van der Waals surface area contributed by atoms with Gasteiger partial charge in [0.15, 0.2) is 11.5 Å². The van der Waals surface area contributed by atoms with Gasteiger partial charge in [-0.3, -0.25) is 9.59 Å². The molecule has 0 unspecified atom stereocenters. The first-order valence-corrected chi connectivity index (χ1v) is 8.95. The van der Waals surface area contributed by atoms with E-state index in [1.807, 2.05) is 6.07 Å². The molecular weight excluding hydrogens is 362 g/mol. The Bertz CT molecular complexity index is 1120. The van der Waals surface area contributed by atoms with E-state index in [4.69, 9.17) is 24.4 Å². The maximum absolute atomic E-state index is 13.1. The number of nitrogens with two attached hydrogens (primary N) is 1. The maximum atomic E-state index is 13.1. The van der Waals surface area contributed by atoms with Gasteiger partial charge in [-0.25, -0.2) is 0 Å². The number of hydrogen-bond donors (Lipinski definition) is 1. The Kier molecular flexibility index (Phi) is 4.75. The lowest BCUT2D eigenvalue weighted by atomic mass is 10.0. The third kappa shape index (κ3) is 3.32. The molecule has 2 heterocycles. The van der Waals surface area contributed by atoms with Gasteiger partial charge in [0.25, 0.3) is 0 Å². The largest absolute Gasteiger partial charge is 0.490 e. The third-order valence-electron chi connectivity index (χ3n) is 4.47. The summed E-state index contributed by atoms with van der Waals surface area (Å²) in [5.74, 6) is 1.43. The summed E-state index contributed by atoms with van der Waals surface area (Å²) in [4.78, 5) is 24.5. The highest BCUT2D eigenvalue weighted by Crippen LogP contribution is 2.35. The van der Waals surface area contributed by atoms with E-state index in [0.29, 0.717) is 52.6 Å². The summed E-state index contributed by atoms with van der Waals surface area (Å²) in [5, 5.41) is 0.389. The zero-order valence-corrected chi connectivity index (χ0v) is 15.3. The molecule has 0 amide bonds. The van der Waals surface area contributed by atoms with Gasteiger partial charge in [-0.2, -0.15) is 0 Å². The fourth-order valence-electron chi connectivity index (χ4n) is 3.17. The summed E-state index contributed by atoms with van der Waals surface area (Å²) in [7, 11) is 0. The van der Waals surface area contributed by atoms with Gasteiger partial charge in [0.1, 0.15) is 17.1 Å². The number of rotatable bonds is 3. The van der Waals surface area contributed by atoms with Crippen LogP contribution < -0.4 is 25.4 Å². The number of carbonyl (C=O) groups excluding carboxylic acids is 1. The SMILES string of the molecule is Cc1oc2cc(OC(=O)CN)ccc2c(=O)c1-c1ccc2c(c1)OCCCO2. The van der Waals surface area contributed by atoms with Gasteiger partial charge in [0, 0.05) is 12.5 Å².